The number of esters is 1. The fourth-order valence-corrected chi connectivity index (χ4v) is 7.28. The summed E-state index contributed by atoms with van der Waals surface area (Å²) >= 11 is 6.12. The maximum atomic E-state index is 13.9. The monoisotopic (exact) mass is 754 g/mol. The molecule has 0 spiro atoms. The van der Waals surface area contributed by atoms with E-state index in [1.807, 2.05) is 46.0 Å². The summed E-state index contributed by atoms with van der Waals surface area (Å²) in [5.74, 6) is -0.219. The highest BCUT2D eigenvalue weighted by atomic mass is 35.5. The minimum atomic E-state index is -1.08. The second kappa shape index (κ2) is 16.4. The van der Waals surface area contributed by atoms with E-state index in [-0.39, 0.29) is 30.4 Å². The van der Waals surface area contributed by atoms with Gasteiger partial charge in [0.1, 0.15) is 11.3 Å². The van der Waals surface area contributed by atoms with Gasteiger partial charge in [-0.05, 0) is 94.7 Å². The number of aromatic nitrogens is 3. The lowest BCUT2D eigenvalue weighted by atomic mass is 9.75. The van der Waals surface area contributed by atoms with Crippen molar-refractivity contribution in [3.05, 3.63) is 76.6 Å². The maximum absolute atomic E-state index is 13.9. The first kappa shape index (κ1) is 38.5. The fraction of sp³-hybridized carbons (Fsp3) is 0.415. The van der Waals surface area contributed by atoms with Crippen molar-refractivity contribution in [2.45, 2.75) is 83.2 Å². The molecule has 2 aromatic carbocycles. The third kappa shape index (κ3) is 8.13. The molecule has 0 aliphatic heterocycles. The standard InChI is InChI=1S/C41H47ClN6O6/c1-6-53-33-21-30(15-12-26(33)14-17-35(50)54-24-34(49)47(4)25(2)3)45-40(52)41(18-9-19-41)46-39(51)28-13-16-31-32(20-28)48(5)37(36(31)27-10-7-8-11-27)38-43-22-29(42)23-44-38/h12-17,20-23,25,27H,6-11,18-19,24H2,1-5H3,(H,45,52)(H,46,51)/b17-14+. The average molecular weight is 755 g/mol. The number of amides is 3. The summed E-state index contributed by atoms with van der Waals surface area (Å²) in [5.41, 5.74) is 3.46. The highest BCUT2D eigenvalue weighted by Crippen LogP contribution is 2.44. The Hall–Kier alpha value is -5.23. The van der Waals surface area contributed by atoms with E-state index < -0.39 is 11.5 Å². The summed E-state index contributed by atoms with van der Waals surface area (Å²) in [6.07, 6.45) is 12.3. The quantitative estimate of drug-likeness (QED) is 0.109. The number of carbonyl (C=O) groups is 4. The molecule has 2 heterocycles. The molecule has 2 aliphatic rings. The molecule has 2 aromatic heterocycles. The molecule has 2 N–H and O–H groups in total. The maximum Gasteiger partial charge on any atom is 0.331 e. The van der Waals surface area contributed by atoms with Gasteiger partial charge in [0.25, 0.3) is 11.8 Å². The van der Waals surface area contributed by atoms with E-state index in [1.165, 1.54) is 35.5 Å². The molecule has 12 nitrogen and oxygen atoms in total. The van der Waals surface area contributed by atoms with Crippen molar-refractivity contribution < 1.29 is 28.7 Å². The van der Waals surface area contributed by atoms with Gasteiger partial charge >= 0.3 is 5.97 Å². The lowest BCUT2D eigenvalue weighted by Gasteiger charge is -2.40. The summed E-state index contributed by atoms with van der Waals surface area (Å²) in [6.45, 7) is 5.56. The summed E-state index contributed by atoms with van der Waals surface area (Å²) in [5, 5.41) is 7.56. The largest absolute Gasteiger partial charge is 0.493 e. The lowest BCUT2D eigenvalue weighted by molar-refractivity contribution is -0.148. The molecule has 2 fully saturated rings. The molecule has 0 radical (unpaired) electrons. The first-order chi connectivity index (χ1) is 25.9. The Kier molecular flexibility index (Phi) is 11.7. The smallest absolute Gasteiger partial charge is 0.331 e. The molecule has 54 heavy (non-hydrogen) atoms. The van der Waals surface area contributed by atoms with Crippen LogP contribution in [0.5, 0.6) is 5.75 Å². The van der Waals surface area contributed by atoms with Crippen LogP contribution in [0.2, 0.25) is 5.02 Å². The summed E-state index contributed by atoms with van der Waals surface area (Å²) < 4.78 is 13.0. The molecule has 2 saturated carbocycles. The Morgan fingerprint density at radius 1 is 1.06 bits per heavy atom. The Labute approximate surface area is 320 Å². The summed E-state index contributed by atoms with van der Waals surface area (Å²) in [6, 6.07) is 10.8. The van der Waals surface area contributed by atoms with Gasteiger partial charge in [0.2, 0.25) is 5.91 Å². The van der Waals surface area contributed by atoms with E-state index in [1.54, 1.807) is 37.6 Å². The Morgan fingerprint density at radius 2 is 1.78 bits per heavy atom. The van der Waals surface area contributed by atoms with Crippen LogP contribution in [0.4, 0.5) is 5.69 Å². The first-order valence-corrected chi connectivity index (χ1v) is 18.9. The Bertz CT molecular complexity index is 2080. The third-order valence-electron chi connectivity index (χ3n) is 10.6. The van der Waals surface area contributed by atoms with Gasteiger partial charge in [0.05, 0.1) is 17.3 Å². The number of anilines is 1. The predicted molar refractivity (Wildman–Crippen MR) is 208 cm³/mol. The summed E-state index contributed by atoms with van der Waals surface area (Å²) in [4.78, 5) is 62.7. The van der Waals surface area contributed by atoms with Gasteiger partial charge in [-0.25, -0.2) is 14.8 Å². The van der Waals surface area contributed by atoms with Crippen molar-refractivity contribution in [2.24, 2.45) is 7.05 Å². The lowest BCUT2D eigenvalue weighted by Crippen LogP contribution is -2.61. The van der Waals surface area contributed by atoms with Gasteiger partial charge in [-0.3, -0.25) is 14.4 Å². The number of hydrogen-bond donors (Lipinski definition) is 2. The SMILES string of the molecule is CCOc1cc(NC(=O)C2(NC(=O)c3ccc4c(C5CCCC5)c(-c5ncc(Cl)cn5)n(C)c4c3)CCC2)ccc1/C=C/C(=O)OCC(=O)N(C)C(C)C. The summed E-state index contributed by atoms with van der Waals surface area (Å²) in [7, 11) is 3.62. The molecule has 0 unspecified atom stereocenters. The highest BCUT2D eigenvalue weighted by molar-refractivity contribution is 6.30. The minimum Gasteiger partial charge on any atom is -0.493 e. The van der Waals surface area contributed by atoms with Crippen molar-refractivity contribution in [3.8, 4) is 17.3 Å². The number of nitrogens with zero attached hydrogens (tertiary/aromatic N) is 4. The van der Waals surface area contributed by atoms with Crippen LogP contribution >= 0.6 is 11.6 Å². The van der Waals surface area contributed by atoms with Crippen LogP contribution in [-0.4, -0.2) is 75.0 Å². The molecule has 2 aliphatic carbocycles. The van der Waals surface area contributed by atoms with Crippen LogP contribution in [0.15, 0.2) is 54.9 Å². The Morgan fingerprint density at radius 3 is 2.43 bits per heavy atom. The molecular formula is C41H47ClN6O6. The zero-order valence-corrected chi connectivity index (χ0v) is 32.2. The highest BCUT2D eigenvalue weighted by Gasteiger charge is 2.45. The molecule has 0 bridgehead atoms. The van der Waals surface area contributed by atoms with Crippen molar-refractivity contribution in [3.63, 3.8) is 0 Å². The molecule has 4 aromatic rings. The zero-order chi connectivity index (χ0) is 38.6. The van der Waals surface area contributed by atoms with Crippen molar-refractivity contribution in [2.75, 3.05) is 25.6 Å². The molecule has 3 amide bonds. The predicted octanol–water partition coefficient (Wildman–Crippen LogP) is 7.06. The van der Waals surface area contributed by atoms with E-state index >= 15 is 0 Å². The van der Waals surface area contributed by atoms with Crippen molar-refractivity contribution in [1.29, 1.82) is 0 Å². The van der Waals surface area contributed by atoms with E-state index in [9.17, 15) is 19.2 Å². The van der Waals surface area contributed by atoms with Crippen molar-refractivity contribution in [1.82, 2.24) is 24.8 Å². The molecule has 0 atom stereocenters. The van der Waals surface area contributed by atoms with Gasteiger partial charge in [-0.2, -0.15) is 0 Å². The number of rotatable bonds is 13. The second-order valence-corrected chi connectivity index (χ2v) is 14.8. The second-order valence-electron chi connectivity index (χ2n) is 14.3. The number of likely N-dealkylation sites (N-methyl/N-ethyl adjacent to an activating group) is 1. The van der Waals surface area contributed by atoms with E-state index in [0.29, 0.717) is 58.8 Å². The molecule has 6 rings (SSSR count). The number of halogens is 1. The van der Waals surface area contributed by atoms with Gasteiger partial charge < -0.3 is 29.6 Å². The molecule has 284 valence electrons. The van der Waals surface area contributed by atoms with Crippen molar-refractivity contribution >= 4 is 58.0 Å². The van der Waals surface area contributed by atoms with Gasteiger partial charge in [-0.15, -0.1) is 0 Å². The number of hydrogen-bond acceptors (Lipinski definition) is 8. The van der Waals surface area contributed by atoms with Crippen LogP contribution in [-0.2, 0) is 26.2 Å². The van der Waals surface area contributed by atoms with Crippen LogP contribution in [0, 0.1) is 0 Å². The van der Waals surface area contributed by atoms with E-state index in [0.717, 1.165) is 35.9 Å². The van der Waals surface area contributed by atoms with Gasteiger partial charge in [0.15, 0.2) is 12.4 Å². The molecule has 13 heteroatoms. The number of fused-ring (bicyclic) bond motifs is 1. The number of nitrogens with one attached hydrogen (secondary N) is 2. The van der Waals surface area contributed by atoms with E-state index in [4.69, 9.17) is 21.1 Å². The topological polar surface area (TPSA) is 145 Å². The molecule has 0 saturated heterocycles. The van der Waals surface area contributed by atoms with Gasteiger partial charge in [0, 0.05) is 72.4 Å². The van der Waals surface area contributed by atoms with Crippen LogP contribution in [0.3, 0.4) is 0 Å². The number of aryl methyl sites for hydroxylation is 1. The van der Waals surface area contributed by atoms with E-state index in [2.05, 4.69) is 25.2 Å². The molecular weight excluding hydrogens is 708 g/mol. The minimum absolute atomic E-state index is 0.0131. The van der Waals surface area contributed by atoms with Crippen LogP contribution in [0.1, 0.15) is 93.1 Å². The number of carbonyl (C=O) groups excluding carboxylic acids is 4. The Balaban J connectivity index is 1.17. The van der Waals surface area contributed by atoms with Crippen LogP contribution in [0.25, 0.3) is 28.5 Å². The number of ether oxygens (including phenoxy) is 2. The normalized spacial score (nSPS) is 15.3. The van der Waals surface area contributed by atoms with Crippen LogP contribution < -0.4 is 15.4 Å². The van der Waals surface area contributed by atoms with Gasteiger partial charge in [-0.1, -0.05) is 30.5 Å². The zero-order valence-electron chi connectivity index (χ0n) is 31.4. The fourth-order valence-electron chi connectivity index (χ4n) is 7.18. The average Bonchev–Trinajstić information content (AvgIpc) is 3.77. The first-order valence-electron chi connectivity index (χ1n) is 18.5. The third-order valence-corrected chi connectivity index (χ3v) is 10.8. The number of benzene rings is 2.